The van der Waals surface area contributed by atoms with Gasteiger partial charge in [-0.3, -0.25) is 9.59 Å². The van der Waals surface area contributed by atoms with Gasteiger partial charge in [0.2, 0.25) is 0 Å². The van der Waals surface area contributed by atoms with Gasteiger partial charge in [-0.15, -0.1) is 11.3 Å². The van der Waals surface area contributed by atoms with Gasteiger partial charge in [0, 0.05) is 28.7 Å². The number of allylic oxidation sites excluding steroid dienone is 1. The number of thiophene rings is 1. The molecule has 140 valence electrons. The van der Waals surface area contributed by atoms with Gasteiger partial charge in [-0.05, 0) is 53.2 Å². The van der Waals surface area contributed by atoms with Crippen molar-refractivity contribution < 1.29 is 9.59 Å². The highest BCUT2D eigenvalue weighted by Crippen LogP contribution is 2.35. The molecule has 3 aromatic carbocycles. The van der Waals surface area contributed by atoms with Crippen molar-refractivity contribution in [3.05, 3.63) is 100 Å². The maximum atomic E-state index is 12.9. The highest BCUT2D eigenvalue weighted by atomic mass is 32.1. The molecule has 0 saturated carbocycles. The molecule has 1 aliphatic rings. The van der Waals surface area contributed by atoms with Crippen LogP contribution in [0.25, 0.3) is 16.8 Å². The Hall–Kier alpha value is -3.50. The van der Waals surface area contributed by atoms with E-state index in [-0.39, 0.29) is 17.1 Å². The van der Waals surface area contributed by atoms with Crippen molar-refractivity contribution in [1.29, 1.82) is 0 Å². The van der Waals surface area contributed by atoms with Gasteiger partial charge in [-0.25, -0.2) is 0 Å². The molecule has 0 unspecified atom stereocenters. The van der Waals surface area contributed by atoms with E-state index in [0.717, 1.165) is 26.3 Å². The molecule has 29 heavy (non-hydrogen) atoms. The van der Waals surface area contributed by atoms with Crippen LogP contribution in [0, 0.1) is 0 Å². The van der Waals surface area contributed by atoms with Gasteiger partial charge in [0.15, 0.2) is 11.6 Å². The molecule has 4 heteroatoms. The number of hydrogen-bond acceptors (Lipinski definition) is 4. The molecule has 0 saturated heterocycles. The lowest BCUT2D eigenvalue weighted by molar-refractivity contribution is 0.0990. The molecule has 4 aromatic rings. The number of fused-ring (bicyclic) bond motifs is 2. The van der Waals surface area contributed by atoms with Crippen LogP contribution in [0.4, 0.5) is 10.7 Å². The van der Waals surface area contributed by atoms with E-state index in [2.05, 4.69) is 4.90 Å². The molecule has 5 rings (SSSR count). The first-order valence-electron chi connectivity index (χ1n) is 9.34. The quantitative estimate of drug-likeness (QED) is 0.309. The number of hydrogen-bond donors (Lipinski definition) is 0. The zero-order chi connectivity index (χ0) is 20.0. The van der Waals surface area contributed by atoms with E-state index < -0.39 is 0 Å². The Bertz CT molecular complexity index is 1240. The summed E-state index contributed by atoms with van der Waals surface area (Å²) in [5, 5.41) is 2.98. The SMILES string of the molecule is CN(c1ccccc1)c1ccc(C=C2C(=O)c3cc4ccccc4cc3C2=O)s1. The molecule has 0 radical (unpaired) electrons. The summed E-state index contributed by atoms with van der Waals surface area (Å²) in [5.41, 5.74) is 2.32. The second-order valence-corrected chi connectivity index (χ2v) is 8.13. The first-order valence-corrected chi connectivity index (χ1v) is 10.2. The number of ketones is 2. The number of carbonyl (C=O) groups excluding carboxylic acids is 2. The van der Waals surface area contributed by atoms with Gasteiger partial charge in [-0.1, -0.05) is 42.5 Å². The lowest BCUT2D eigenvalue weighted by Crippen LogP contribution is -2.06. The molecule has 0 amide bonds. The van der Waals surface area contributed by atoms with Crippen LogP contribution in [-0.2, 0) is 0 Å². The van der Waals surface area contributed by atoms with Crippen molar-refractivity contribution in [2.75, 3.05) is 11.9 Å². The summed E-state index contributed by atoms with van der Waals surface area (Å²) >= 11 is 1.55. The Morgan fingerprint density at radius 2 is 1.34 bits per heavy atom. The van der Waals surface area contributed by atoms with E-state index in [1.54, 1.807) is 17.4 Å². The summed E-state index contributed by atoms with van der Waals surface area (Å²) in [4.78, 5) is 28.8. The minimum absolute atomic E-state index is 0.192. The van der Waals surface area contributed by atoms with Crippen molar-refractivity contribution in [3.8, 4) is 0 Å². The maximum Gasteiger partial charge on any atom is 0.197 e. The van der Waals surface area contributed by atoms with E-state index in [9.17, 15) is 9.59 Å². The van der Waals surface area contributed by atoms with Crippen LogP contribution in [0.1, 0.15) is 25.6 Å². The molecule has 1 aromatic heterocycles. The van der Waals surface area contributed by atoms with Gasteiger partial charge < -0.3 is 4.90 Å². The van der Waals surface area contributed by atoms with Crippen LogP contribution >= 0.6 is 11.3 Å². The van der Waals surface area contributed by atoms with Crippen LogP contribution < -0.4 is 4.90 Å². The molecular formula is C25H17NO2S. The van der Waals surface area contributed by atoms with E-state index >= 15 is 0 Å². The number of carbonyl (C=O) groups is 2. The minimum Gasteiger partial charge on any atom is -0.336 e. The number of nitrogens with zero attached hydrogens (tertiary/aromatic N) is 1. The third-order valence-electron chi connectivity index (χ3n) is 5.24. The van der Waals surface area contributed by atoms with Crippen molar-refractivity contribution in [2.24, 2.45) is 0 Å². The molecule has 1 heterocycles. The highest BCUT2D eigenvalue weighted by molar-refractivity contribution is 7.17. The average molecular weight is 395 g/mol. The summed E-state index contributed by atoms with van der Waals surface area (Å²) < 4.78 is 0. The standard InChI is InChI=1S/C25H17NO2S/c1-26(18-9-3-2-4-10-18)23-12-11-19(29-23)15-22-24(27)20-13-16-7-5-6-8-17(16)14-21(20)25(22)28/h2-15H,1H3. The summed E-state index contributed by atoms with van der Waals surface area (Å²) in [7, 11) is 2.01. The van der Waals surface area contributed by atoms with Crippen LogP contribution in [0.2, 0.25) is 0 Å². The topological polar surface area (TPSA) is 37.4 Å². The fourth-order valence-electron chi connectivity index (χ4n) is 3.66. The monoisotopic (exact) mass is 395 g/mol. The Balaban J connectivity index is 1.50. The van der Waals surface area contributed by atoms with Gasteiger partial charge in [0.25, 0.3) is 0 Å². The first kappa shape index (κ1) is 17.6. The predicted molar refractivity (Wildman–Crippen MR) is 119 cm³/mol. The van der Waals surface area contributed by atoms with Gasteiger partial charge in [-0.2, -0.15) is 0 Å². The molecule has 3 nitrogen and oxygen atoms in total. The minimum atomic E-state index is -0.192. The number of anilines is 2. The fraction of sp³-hybridized carbons (Fsp3) is 0.0400. The summed E-state index contributed by atoms with van der Waals surface area (Å²) in [6.07, 6.45) is 1.72. The second kappa shape index (κ2) is 6.83. The van der Waals surface area contributed by atoms with Crippen LogP contribution in [0.15, 0.2) is 84.4 Å². The lowest BCUT2D eigenvalue weighted by atomic mass is 10.0. The molecule has 0 spiro atoms. The molecular weight excluding hydrogens is 378 g/mol. The maximum absolute atomic E-state index is 12.9. The summed E-state index contributed by atoms with van der Waals surface area (Å²) in [6, 6.07) is 25.5. The van der Waals surface area contributed by atoms with Crippen molar-refractivity contribution in [1.82, 2.24) is 0 Å². The number of rotatable bonds is 3. The third kappa shape index (κ3) is 2.98. The Morgan fingerprint density at radius 1 is 0.759 bits per heavy atom. The van der Waals surface area contributed by atoms with Crippen molar-refractivity contribution in [3.63, 3.8) is 0 Å². The number of benzene rings is 3. The van der Waals surface area contributed by atoms with E-state index in [1.807, 2.05) is 85.9 Å². The highest BCUT2D eigenvalue weighted by Gasteiger charge is 2.33. The van der Waals surface area contributed by atoms with Gasteiger partial charge in [0.1, 0.15) is 0 Å². The zero-order valence-electron chi connectivity index (χ0n) is 15.8. The van der Waals surface area contributed by atoms with Gasteiger partial charge in [0.05, 0.1) is 10.6 Å². The Kier molecular flexibility index (Phi) is 4.14. The normalized spacial score (nSPS) is 13.1. The smallest absolute Gasteiger partial charge is 0.197 e. The molecule has 0 N–H and O–H groups in total. The predicted octanol–water partition coefficient (Wildman–Crippen LogP) is 6.13. The van der Waals surface area contributed by atoms with Gasteiger partial charge >= 0.3 is 0 Å². The molecule has 0 atom stereocenters. The lowest BCUT2D eigenvalue weighted by Gasteiger charge is -2.16. The van der Waals surface area contributed by atoms with Crippen LogP contribution in [0.3, 0.4) is 0 Å². The number of Topliss-reactive ketones (excluding diaryl/α,β-unsaturated/α-hetero) is 2. The number of para-hydroxylation sites is 1. The second-order valence-electron chi connectivity index (χ2n) is 7.03. The zero-order valence-corrected chi connectivity index (χ0v) is 16.6. The Morgan fingerprint density at radius 3 is 1.97 bits per heavy atom. The summed E-state index contributed by atoms with van der Waals surface area (Å²) in [5.74, 6) is -0.385. The van der Waals surface area contributed by atoms with E-state index in [4.69, 9.17) is 0 Å². The molecule has 0 bridgehead atoms. The van der Waals surface area contributed by atoms with Crippen molar-refractivity contribution >= 4 is 50.4 Å². The van der Waals surface area contributed by atoms with Crippen LogP contribution in [-0.4, -0.2) is 18.6 Å². The van der Waals surface area contributed by atoms with E-state index in [0.29, 0.717) is 11.1 Å². The Labute approximate surface area is 172 Å². The van der Waals surface area contributed by atoms with E-state index in [1.165, 1.54) is 0 Å². The average Bonchev–Trinajstić information content (AvgIpc) is 3.32. The molecule has 0 fully saturated rings. The fourth-order valence-corrected chi connectivity index (χ4v) is 4.59. The summed E-state index contributed by atoms with van der Waals surface area (Å²) in [6.45, 7) is 0. The third-order valence-corrected chi connectivity index (χ3v) is 6.35. The first-order chi connectivity index (χ1) is 14.1. The van der Waals surface area contributed by atoms with Crippen molar-refractivity contribution in [2.45, 2.75) is 0 Å². The van der Waals surface area contributed by atoms with Crippen LogP contribution in [0.5, 0.6) is 0 Å². The molecule has 1 aliphatic carbocycles. The molecule has 0 aliphatic heterocycles. The largest absolute Gasteiger partial charge is 0.336 e.